The number of hydrogen-bond donors (Lipinski definition) is 3. The maximum atomic E-state index is 12.7. The van der Waals surface area contributed by atoms with Gasteiger partial charge in [0.05, 0.1) is 11.1 Å². The lowest BCUT2D eigenvalue weighted by Gasteiger charge is -2.26. The molecule has 3 amide bonds. The minimum absolute atomic E-state index is 0.000279. The van der Waals surface area contributed by atoms with Crippen molar-refractivity contribution in [3.63, 3.8) is 0 Å². The number of nitrogens with one attached hydrogen (secondary N) is 1. The number of aliphatic carboxylic acids is 1. The third-order valence-electron chi connectivity index (χ3n) is 4.35. The largest absolute Gasteiger partial charge is 0.480 e. The van der Waals surface area contributed by atoms with Crippen LogP contribution in [0.25, 0.3) is 0 Å². The van der Waals surface area contributed by atoms with Crippen LogP contribution in [0.4, 0.5) is 0 Å². The summed E-state index contributed by atoms with van der Waals surface area (Å²) in [6.45, 7) is 3.48. The SMILES string of the molecule is C=CC[C@@H](C(=O)N[C@@H](CCCCO)C(=O)O)N1C(=O)c2ccccc2C1=O. The number of amides is 3. The second kappa shape index (κ2) is 9.09. The fourth-order valence-corrected chi connectivity index (χ4v) is 2.96. The molecule has 0 spiro atoms. The number of carbonyl (C=O) groups is 4. The highest BCUT2D eigenvalue weighted by atomic mass is 16.4. The summed E-state index contributed by atoms with van der Waals surface area (Å²) >= 11 is 0. The van der Waals surface area contributed by atoms with Gasteiger partial charge in [-0.25, -0.2) is 4.79 Å². The van der Waals surface area contributed by atoms with Crippen molar-refractivity contribution in [2.24, 2.45) is 0 Å². The van der Waals surface area contributed by atoms with Crippen molar-refractivity contribution in [3.05, 3.63) is 48.0 Å². The summed E-state index contributed by atoms with van der Waals surface area (Å²) in [7, 11) is 0. The van der Waals surface area contributed by atoms with Crippen molar-refractivity contribution in [2.75, 3.05) is 6.61 Å². The third-order valence-corrected chi connectivity index (χ3v) is 4.35. The number of fused-ring (bicyclic) bond motifs is 1. The molecular weight excluding hydrogens is 352 g/mol. The van der Waals surface area contributed by atoms with Gasteiger partial charge in [-0.05, 0) is 37.8 Å². The molecule has 1 heterocycles. The van der Waals surface area contributed by atoms with Gasteiger partial charge in [0.15, 0.2) is 0 Å². The molecular formula is C19H22N2O6. The first-order valence-electron chi connectivity index (χ1n) is 8.64. The number of hydrogen-bond acceptors (Lipinski definition) is 5. The Morgan fingerprint density at radius 2 is 1.74 bits per heavy atom. The Hall–Kier alpha value is -3.00. The molecule has 0 saturated heterocycles. The molecule has 1 aliphatic heterocycles. The average Bonchev–Trinajstić information content (AvgIpc) is 2.90. The summed E-state index contributed by atoms with van der Waals surface area (Å²) in [5.41, 5.74) is 0.421. The van der Waals surface area contributed by atoms with Crippen molar-refractivity contribution in [2.45, 2.75) is 37.8 Å². The normalized spacial score (nSPS) is 15.2. The van der Waals surface area contributed by atoms with E-state index in [-0.39, 0.29) is 30.6 Å². The molecule has 0 bridgehead atoms. The minimum atomic E-state index is -1.22. The van der Waals surface area contributed by atoms with E-state index in [1.807, 2.05) is 0 Å². The summed E-state index contributed by atoms with van der Waals surface area (Å²) in [5, 5.41) is 20.5. The Balaban J connectivity index is 2.20. The van der Waals surface area contributed by atoms with E-state index < -0.39 is 35.8 Å². The van der Waals surface area contributed by atoms with Crippen LogP contribution in [0.5, 0.6) is 0 Å². The van der Waals surface area contributed by atoms with E-state index in [9.17, 15) is 24.3 Å². The Bertz CT molecular complexity index is 725. The zero-order chi connectivity index (χ0) is 20.0. The number of nitrogens with zero attached hydrogens (tertiary/aromatic N) is 1. The number of imide groups is 1. The average molecular weight is 374 g/mol. The first kappa shape index (κ1) is 20.3. The van der Waals surface area contributed by atoms with E-state index >= 15 is 0 Å². The number of benzene rings is 1. The number of carboxylic acids is 1. The highest BCUT2D eigenvalue weighted by Gasteiger charge is 2.42. The topological polar surface area (TPSA) is 124 Å². The molecule has 1 aliphatic rings. The fraction of sp³-hybridized carbons (Fsp3) is 0.368. The molecule has 0 saturated carbocycles. The fourth-order valence-electron chi connectivity index (χ4n) is 2.96. The summed E-state index contributed by atoms with van der Waals surface area (Å²) in [6.07, 6.45) is 2.35. The van der Waals surface area contributed by atoms with Crippen LogP contribution in [0.2, 0.25) is 0 Å². The standard InChI is InChI=1S/C19H22N2O6/c1-2-7-15(16(23)20-14(19(26)27)10-5-6-11-22)21-17(24)12-8-3-4-9-13(12)18(21)25/h2-4,8-9,14-15,22H,1,5-7,10-11H2,(H,20,23)(H,26,27)/t14-,15-/m0/s1. The smallest absolute Gasteiger partial charge is 0.326 e. The van der Waals surface area contributed by atoms with Gasteiger partial charge in [0, 0.05) is 6.61 Å². The molecule has 2 atom stereocenters. The maximum absolute atomic E-state index is 12.7. The lowest BCUT2D eigenvalue weighted by atomic mass is 10.1. The van der Waals surface area contributed by atoms with Crippen LogP contribution < -0.4 is 5.32 Å². The van der Waals surface area contributed by atoms with E-state index in [1.54, 1.807) is 12.1 Å². The molecule has 0 fully saturated rings. The highest BCUT2D eigenvalue weighted by molar-refractivity contribution is 6.22. The Morgan fingerprint density at radius 3 is 2.22 bits per heavy atom. The zero-order valence-corrected chi connectivity index (χ0v) is 14.8. The van der Waals surface area contributed by atoms with Crippen LogP contribution in [-0.4, -0.2) is 57.5 Å². The van der Waals surface area contributed by atoms with E-state index in [2.05, 4.69) is 11.9 Å². The van der Waals surface area contributed by atoms with Gasteiger partial charge in [0.2, 0.25) is 5.91 Å². The molecule has 0 radical (unpaired) electrons. The second-order valence-electron chi connectivity index (χ2n) is 6.18. The van der Waals surface area contributed by atoms with E-state index in [0.717, 1.165) is 4.90 Å². The molecule has 0 aliphatic carbocycles. The first-order chi connectivity index (χ1) is 12.9. The predicted molar refractivity (Wildman–Crippen MR) is 96.0 cm³/mol. The van der Waals surface area contributed by atoms with Crippen LogP contribution in [0.1, 0.15) is 46.4 Å². The van der Waals surface area contributed by atoms with Crippen LogP contribution >= 0.6 is 0 Å². The molecule has 144 valence electrons. The van der Waals surface area contributed by atoms with Crippen molar-refractivity contribution >= 4 is 23.7 Å². The molecule has 0 aromatic heterocycles. The zero-order valence-electron chi connectivity index (χ0n) is 14.8. The molecule has 2 rings (SSSR count). The van der Waals surface area contributed by atoms with Crippen molar-refractivity contribution in [1.29, 1.82) is 0 Å². The predicted octanol–water partition coefficient (Wildman–Crippen LogP) is 0.959. The van der Waals surface area contributed by atoms with Crippen molar-refractivity contribution < 1.29 is 29.4 Å². The molecule has 1 aromatic carbocycles. The lowest BCUT2D eigenvalue weighted by Crippen LogP contribution is -2.53. The van der Waals surface area contributed by atoms with Crippen molar-refractivity contribution in [3.8, 4) is 0 Å². The maximum Gasteiger partial charge on any atom is 0.326 e. The summed E-state index contributed by atoms with van der Waals surface area (Å²) in [4.78, 5) is 50.2. The van der Waals surface area contributed by atoms with Crippen LogP contribution in [0, 0.1) is 0 Å². The van der Waals surface area contributed by atoms with E-state index in [1.165, 1.54) is 18.2 Å². The number of carboxylic acid groups (broad SMARTS) is 1. The van der Waals surface area contributed by atoms with Crippen molar-refractivity contribution in [1.82, 2.24) is 10.2 Å². The molecule has 1 aromatic rings. The second-order valence-corrected chi connectivity index (χ2v) is 6.18. The Labute approximate surface area is 156 Å². The van der Waals surface area contributed by atoms with E-state index in [4.69, 9.17) is 5.11 Å². The highest BCUT2D eigenvalue weighted by Crippen LogP contribution is 2.26. The third kappa shape index (κ3) is 4.40. The molecule has 0 unspecified atom stereocenters. The van der Waals surface area contributed by atoms with Gasteiger partial charge in [-0.15, -0.1) is 6.58 Å². The summed E-state index contributed by atoms with van der Waals surface area (Å²) in [5.74, 6) is -3.14. The Kier molecular flexibility index (Phi) is 6.84. The Morgan fingerprint density at radius 1 is 1.15 bits per heavy atom. The van der Waals surface area contributed by atoms with Gasteiger partial charge >= 0.3 is 5.97 Å². The molecule has 3 N–H and O–H groups in total. The quantitative estimate of drug-likeness (QED) is 0.318. The number of carbonyl (C=O) groups excluding carboxylic acids is 3. The van der Waals surface area contributed by atoms with Gasteiger partial charge in [-0.3, -0.25) is 19.3 Å². The molecule has 8 nitrogen and oxygen atoms in total. The molecule has 27 heavy (non-hydrogen) atoms. The van der Waals surface area contributed by atoms with E-state index in [0.29, 0.717) is 12.8 Å². The lowest BCUT2D eigenvalue weighted by molar-refractivity contribution is -0.142. The number of aliphatic hydroxyl groups excluding tert-OH is 1. The van der Waals surface area contributed by atoms with Gasteiger partial charge in [0.25, 0.3) is 11.8 Å². The summed E-state index contributed by atoms with van der Waals surface area (Å²) < 4.78 is 0. The summed E-state index contributed by atoms with van der Waals surface area (Å²) in [6, 6.07) is 3.90. The van der Waals surface area contributed by atoms with Crippen LogP contribution in [0.3, 0.4) is 0 Å². The number of unbranched alkanes of at least 4 members (excludes halogenated alkanes) is 1. The first-order valence-corrected chi connectivity index (χ1v) is 8.64. The number of aliphatic hydroxyl groups is 1. The van der Waals surface area contributed by atoms with Gasteiger partial charge in [-0.2, -0.15) is 0 Å². The number of rotatable bonds is 10. The van der Waals surface area contributed by atoms with Gasteiger partial charge in [-0.1, -0.05) is 18.2 Å². The monoisotopic (exact) mass is 374 g/mol. The molecule has 8 heteroatoms. The van der Waals surface area contributed by atoms with Gasteiger partial charge in [0.1, 0.15) is 12.1 Å². The van der Waals surface area contributed by atoms with Crippen LogP contribution in [0.15, 0.2) is 36.9 Å². The van der Waals surface area contributed by atoms with Gasteiger partial charge < -0.3 is 15.5 Å². The minimum Gasteiger partial charge on any atom is -0.480 e. The van der Waals surface area contributed by atoms with Crippen LogP contribution in [-0.2, 0) is 9.59 Å².